The number of imidazole rings is 2. The molecule has 49 heavy (non-hydrogen) atoms. The minimum atomic E-state index is -4.94. The molecule has 2 atom stereocenters. The Kier molecular flexibility index (Phi) is 8.70. The fourth-order valence-electron chi connectivity index (χ4n) is 7.59. The SMILES string of the molecule is COc1ccc(Cn2ccnc2C2(c3nccn3Cc3ccc(OC)cc3)C[C@@H]3c4ccccc4[C@H]2c2cccc[n+]23)cc1.[O-][Cl+3]([O-])([O-])[O-]. The van der Waals surface area contributed by atoms with Crippen molar-refractivity contribution >= 4 is 0 Å². The molecule has 0 radical (unpaired) electrons. The molecule has 0 amide bonds. The first-order valence-corrected chi connectivity index (χ1v) is 16.9. The van der Waals surface area contributed by atoms with Gasteiger partial charge in [0.2, 0.25) is 0 Å². The third kappa shape index (κ3) is 6.18. The molecule has 6 aromatic rings. The van der Waals surface area contributed by atoms with Crippen LogP contribution in [-0.4, -0.2) is 33.3 Å². The maximum atomic E-state index is 8.49. The lowest BCUT2D eigenvalue weighted by Crippen LogP contribution is -2.68. The molecule has 1 aliphatic carbocycles. The molecule has 0 fully saturated rings. The summed E-state index contributed by atoms with van der Waals surface area (Å²) < 4.78 is 51.9. The van der Waals surface area contributed by atoms with E-state index in [1.54, 1.807) is 14.2 Å². The lowest BCUT2D eigenvalue weighted by molar-refractivity contribution is -2.00. The Morgan fingerprint density at radius 3 is 1.71 bits per heavy atom. The summed E-state index contributed by atoms with van der Waals surface area (Å²) >= 11 is 0. The summed E-state index contributed by atoms with van der Waals surface area (Å²) in [6, 6.07) is 32.3. The Bertz CT molecular complexity index is 1910. The van der Waals surface area contributed by atoms with Gasteiger partial charge in [0.1, 0.15) is 28.6 Å². The van der Waals surface area contributed by atoms with Gasteiger partial charge in [-0.15, -0.1) is 10.2 Å². The summed E-state index contributed by atoms with van der Waals surface area (Å²) in [6.45, 7) is 1.40. The van der Waals surface area contributed by atoms with Crippen molar-refractivity contribution in [1.82, 2.24) is 19.1 Å². The molecule has 3 aromatic heterocycles. The third-order valence-corrected chi connectivity index (χ3v) is 9.48. The van der Waals surface area contributed by atoms with Gasteiger partial charge in [-0.2, -0.15) is 4.57 Å². The van der Waals surface area contributed by atoms with Crippen molar-refractivity contribution in [3.63, 3.8) is 0 Å². The van der Waals surface area contributed by atoms with E-state index in [4.69, 9.17) is 38.1 Å². The van der Waals surface area contributed by atoms with Gasteiger partial charge in [0.05, 0.1) is 20.1 Å². The molecule has 3 aliphatic rings. The van der Waals surface area contributed by atoms with Gasteiger partial charge < -0.3 is 18.6 Å². The van der Waals surface area contributed by atoms with E-state index in [0.29, 0.717) is 13.1 Å². The first kappa shape index (κ1) is 32.5. The Morgan fingerprint density at radius 1 is 0.714 bits per heavy atom. The summed E-state index contributed by atoms with van der Waals surface area (Å²) in [4.78, 5) is 10.4. The second-order valence-corrected chi connectivity index (χ2v) is 12.9. The van der Waals surface area contributed by atoms with Gasteiger partial charge in [0.25, 0.3) is 0 Å². The Balaban J connectivity index is 0.000000707. The predicted molar refractivity (Wildman–Crippen MR) is 167 cm³/mol. The molecule has 2 aliphatic heterocycles. The van der Waals surface area contributed by atoms with Crippen LogP contribution in [0.5, 0.6) is 11.5 Å². The minimum Gasteiger partial charge on any atom is -0.497 e. The van der Waals surface area contributed by atoms with E-state index in [9.17, 15) is 0 Å². The highest BCUT2D eigenvalue weighted by Gasteiger charge is 2.62. The maximum absolute atomic E-state index is 8.49. The van der Waals surface area contributed by atoms with Crippen LogP contribution in [0.3, 0.4) is 0 Å². The number of hydrogen-bond donors (Lipinski definition) is 0. The predicted octanol–water partition coefficient (Wildman–Crippen LogP) is 1.15. The van der Waals surface area contributed by atoms with Crippen molar-refractivity contribution in [1.29, 1.82) is 0 Å². The number of rotatable bonds is 8. The van der Waals surface area contributed by atoms with E-state index in [0.717, 1.165) is 29.6 Å². The number of aromatic nitrogens is 5. The summed E-state index contributed by atoms with van der Waals surface area (Å²) in [5, 5.41) is 0. The largest absolute Gasteiger partial charge is 0.497 e. The second-order valence-electron chi connectivity index (χ2n) is 12.1. The van der Waals surface area contributed by atoms with E-state index in [2.05, 4.69) is 99.0 Å². The van der Waals surface area contributed by atoms with Crippen LogP contribution in [0.2, 0.25) is 0 Å². The quantitative estimate of drug-likeness (QED) is 0.218. The van der Waals surface area contributed by atoms with Crippen molar-refractivity contribution < 1.29 is 42.9 Å². The second kappa shape index (κ2) is 13.1. The fraction of sp³-hybridized carbons (Fsp3) is 0.216. The molecule has 0 unspecified atom stereocenters. The molecule has 0 N–H and O–H groups in total. The molecule has 3 aromatic carbocycles. The number of fused-ring (bicyclic) bond motifs is 1. The Morgan fingerprint density at radius 2 is 1.20 bits per heavy atom. The van der Waals surface area contributed by atoms with E-state index in [1.165, 1.54) is 27.9 Å². The zero-order valence-electron chi connectivity index (χ0n) is 26.9. The standard InChI is InChI=1S/C37H34N5O2.ClHO4/c1-43-28-14-10-26(11-15-28)24-40-21-18-38-35(40)37(36-39-19-22-41(36)25-27-12-16-29(44-2)17-13-27)23-33-30-7-3-4-8-31(30)34(37)32-9-5-6-20-42(32)33;2-1(3,4)5/h3-22,33-34H,23-25H2,1-2H3;(H,2,3,4,5)/q+1;/p-1/t33-,34+;/m1./s1. The lowest BCUT2D eigenvalue weighted by atomic mass is 9.57. The van der Waals surface area contributed by atoms with Crippen LogP contribution in [0, 0.1) is 10.2 Å². The maximum Gasteiger partial charge on any atom is 0.190 e. The number of hydrogen-bond acceptors (Lipinski definition) is 8. The summed E-state index contributed by atoms with van der Waals surface area (Å²) in [6.07, 6.45) is 11.2. The number of benzene rings is 3. The van der Waals surface area contributed by atoms with Gasteiger partial charge >= 0.3 is 0 Å². The van der Waals surface area contributed by atoms with Gasteiger partial charge in [-0.05, 0) is 41.0 Å². The van der Waals surface area contributed by atoms with Gasteiger partial charge in [-0.25, -0.2) is 28.6 Å². The third-order valence-electron chi connectivity index (χ3n) is 9.48. The smallest absolute Gasteiger partial charge is 0.190 e. The van der Waals surface area contributed by atoms with E-state index in [1.807, 2.05) is 36.7 Å². The number of halogens is 1. The lowest BCUT2D eigenvalue weighted by Gasteiger charge is -2.48. The first-order valence-electron chi connectivity index (χ1n) is 15.7. The Hall–Kier alpha value is -5.04. The van der Waals surface area contributed by atoms with Crippen molar-refractivity contribution in [2.45, 2.75) is 36.9 Å². The average molecular weight is 680 g/mol. The van der Waals surface area contributed by atoms with Crippen molar-refractivity contribution in [3.05, 3.63) is 162 Å². The highest BCUT2D eigenvalue weighted by Crippen LogP contribution is 2.58. The molecule has 250 valence electrons. The van der Waals surface area contributed by atoms with Gasteiger partial charge in [0.15, 0.2) is 17.9 Å². The highest BCUT2D eigenvalue weighted by molar-refractivity contribution is 5.51. The normalized spacial score (nSPS) is 17.0. The van der Waals surface area contributed by atoms with E-state index >= 15 is 0 Å². The molecule has 12 heteroatoms. The first-order chi connectivity index (χ1) is 23.7. The average Bonchev–Trinajstić information content (AvgIpc) is 3.78. The molecule has 5 heterocycles. The van der Waals surface area contributed by atoms with Crippen molar-refractivity contribution in [2.24, 2.45) is 0 Å². The van der Waals surface area contributed by atoms with Crippen molar-refractivity contribution in [3.8, 4) is 11.5 Å². The molecule has 11 nitrogen and oxygen atoms in total. The molecule has 0 saturated carbocycles. The molecular weight excluding hydrogens is 646 g/mol. The van der Waals surface area contributed by atoms with Crippen LogP contribution >= 0.6 is 0 Å². The van der Waals surface area contributed by atoms with Crippen LogP contribution in [0.4, 0.5) is 0 Å². The molecule has 9 rings (SSSR count). The zero-order valence-corrected chi connectivity index (χ0v) is 27.6. The van der Waals surface area contributed by atoms with Crippen LogP contribution in [-0.2, 0) is 18.5 Å². The summed E-state index contributed by atoms with van der Waals surface area (Å²) in [7, 11) is -1.54. The number of ether oxygens (including phenoxy) is 2. The van der Waals surface area contributed by atoms with Crippen LogP contribution in [0.15, 0.2) is 122 Å². The van der Waals surface area contributed by atoms with Crippen LogP contribution in [0.25, 0.3) is 0 Å². The van der Waals surface area contributed by atoms with Gasteiger partial charge in [-0.3, -0.25) is 0 Å². The highest BCUT2D eigenvalue weighted by atomic mass is 35.7. The number of nitrogens with zero attached hydrogens (tertiary/aromatic N) is 5. The zero-order chi connectivity index (χ0) is 34.2. The Labute approximate surface area is 285 Å². The fourth-order valence-corrected chi connectivity index (χ4v) is 7.59. The molecule has 0 saturated heterocycles. The number of pyridine rings is 1. The van der Waals surface area contributed by atoms with E-state index in [-0.39, 0.29) is 12.0 Å². The van der Waals surface area contributed by atoms with Crippen molar-refractivity contribution in [2.75, 3.05) is 14.2 Å². The summed E-state index contributed by atoms with van der Waals surface area (Å²) in [5.74, 6) is 3.81. The van der Waals surface area contributed by atoms with Crippen LogP contribution in [0.1, 0.15) is 58.0 Å². The minimum absolute atomic E-state index is 0.0268. The molecule has 0 spiro atoms. The summed E-state index contributed by atoms with van der Waals surface area (Å²) in [5.41, 5.74) is 5.91. The van der Waals surface area contributed by atoms with Crippen LogP contribution < -0.4 is 32.7 Å². The van der Waals surface area contributed by atoms with Gasteiger partial charge in [-0.1, -0.05) is 54.6 Å². The monoisotopic (exact) mass is 679 g/mol. The van der Waals surface area contributed by atoms with Gasteiger partial charge in [0, 0.05) is 62.0 Å². The molecular formula is C37H34ClN5O6. The number of methoxy groups -OCH3 is 2. The topological polar surface area (TPSA) is 150 Å². The van der Waals surface area contributed by atoms with E-state index < -0.39 is 15.7 Å². The molecule has 2 bridgehead atoms.